The highest BCUT2D eigenvalue weighted by Gasteiger charge is 2.28. The van der Waals surface area contributed by atoms with Crippen LogP contribution in [0.3, 0.4) is 0 Å². The van der Waals surface area contributed by atoms with Crippen LogP contribution in [0.1, 0.15) is 11.1 Å². The third-order valence-electron chi connectivity index (χ3n) is 3.55. The molecule has 0 aliphatic rings. The Hall–Kier alpha value is -3.32. The predicted octanol–water partition coefficient (Wildman–Crippen LogP) is 6.60. The minimum absolute atomic E-state index is 0.0790. The maximum absolute atomic E-state index is 14.9. The maximum atomic E-state index is 14.9. The first-order chi connectivity index (χ1) is 13.4. The number of rotatable bonds is 4. The molecular formula is C20H8Cl2F2N2O2. The van der Waals surface area contributed by atoms with Gasteiger partial charge in [0.15, 0.2) is 11.6 Å². The molecule has 8 heteroatoms. The highest BCUT2D eigenvalue weighted by molar-refractivity contribution is 6.31. The second kappa shape index (κ2) is 8.14. The maximum Gasteiger partial charge on any atom is 0.210 e. The van der Waals surface area contributed by atoms with Crippen molar-refractivity contribution in [2.75, 3.05) is 0 Å². The molecule has 4 nitrogen and oxygen atoms in total. The Balaban J connectivity index is 2.21. The molecule has 3 aromatic carbocycles. The Morgan fingerprint density at radius 2 is 1.11 bits per heavy atom. The molecule has 0 saturated heterocycles. The van der Waals surface area contributed by atoms with Crippen molar-refractivity contribution in [3.05, 3.63) is 81.3 Å². The molecule has 0 heterocycles. The van der Waals surface area contributed by atoms with Crippen LogP contribution in [0.5, 0.6) is 23.0 Å². The van der Waals surface area contributed by atoms with Gasteiger partial charge in [-0.1, -0.05) is 35.3 Å². The third-order valence-corrected chi connectivity index (χ3v) is 4.02. The average molecular weight is 417 g/mol. The topological polar surface area (TPSA) is 66.0 Å². The van der Waals surface area contributed by atoms with Crippen LogP contribution in [0.2, 0.25) is 10.0 Å². The lowest BCUT2D eigenvalue weighted by Gasteiger charge is -2.16. The predicted molar refractivity (Wildman–Crippen MR) is 98.8 cm³/mol. The zero-order valence-electron chi connectivity index (χ0n) is 13.8. The number of halogens is 4. The zero-order valence-corrected chi connectivity index (χ0v) is 15.4. The molecule has 0 saturated carbocycles. The second-order valence-corrected chi connectivity index (χ2v) is 6.25. The van der Waals surface area contributed by atoms with Gasteiger partial charge < -0.3 is 9.47 Å². The van der Waals surface area contributed by atoms with Gasteiger partial charge >= 0.3 is 0 Å². The lowest BCUT2D eigenvalue weighted by atomic mass is 10.1. The van der Waals surface area contributed by atoms with E-state index in [1.807, 2.05) is 0 Å². The van der Waals surface area contributed by atoms with Crippen molar-refractivity contribution >= 4 is 23.2 Å². The monoisotopic (exact) mass is 416 g/mol. The molecule has 0 radical (unpaired) electrons. The molecule has 0 aliphatic carbocycles. The van der Waals surface area contributed by atoms with Gasteiger partial charge in [-0.2, -0.15) is 10.5 Å². The van der Waals surface area contributed by atoms with E-state index in [0.29, 0.717) is 10.0 Å². The van der Waals surface area contributed by atoms with Gasteiger partial charge in [-0.3, -0.25) is 0 Å². The highest BCUT2D eigenvalue weighted by atomic mass is 35.5. The van der Waals surface area contributed by atoms with Gasteiger partial charge in [0.25, 0.3) is 0 Å². The minimum atomic E-state index is -1.24. The van der Waals surface area contributed by atoms with Crippen molar-refractivity contribution in [3.63, 3.8) is 0 Å². The van der Waals surface area contributed by atoms with Crippen LogP contribution < -0.4 is 9.47 Å². The van der Waals surface area contributed by atoms with Crippen LogP contribution in [-0.2, 0) is 0 Å². The number of nitriles is 2. The van der Waals surface area contributed by atoms with Crippen molar-refractivity contribution in [2.45, 2.75) is 0 Å². The summed E-state index contributed by atoms with van der Waals surface area (Å²) in [6.45, 7) is 0. The molecule has 3 rings (SSSR count). The first-order valence-electron chi connectivity index (χ1n) is 7.66. The van der Waals surface area contributed by atoms with E-state index in [1.165, 1.54) is 48.5 Å². The van der Waals surface area contributed by atoms with E-state index < -0.39 is 34.3 Å². The van der Waals surface area contributed by atoms with E-state index in [2.05, 4.69) is 0 Å². The number of nitrogens with zero attached hydrogens (tertiary/aromatic N) is 2. The summed E-state index contributed by atoms with van der Waals surface area (Å²) in [5.41, 5.74) is -1.59. The standard InChI is InChI=1S/C20H8Cl2F2N2O2/c21-11-3-1-5-13(7-11)27-19-17(23)15(9-25)16(10-26)18(24)20(19)28-14-6-2-4-12(22)8-14/h1-8H. The quantitative estimate of drug-likeness (QED) is 0.480. The van der Waals surface area contributed by atoms with Gasteiger partial charge in [-0.05, 0) is 36.4 Å². The number of hydrogen-bond donors (Lipinski definition) is 0. The summed E-state index contributed by atoms with van der Waals surface area (Å²) in [5.74, 6) is -3.72. The van der Waals surface area contributed by atoms with Crippen molar-refractivity contribution in [1.29, 1.82) is 10.5 Å². The number of hydrogen-bond acceptors (Lipinski definition) is 4. The molecule has 0 atom stereocenters. The summed E-state index contributed by atoms with van der Waals surface area (Å²) in [6.07, 6.45) is 0. The van der Waals surface area contributed by atoms with Crippen molar-refractivity contribution in [2.24, 2.45) is 0 Å². The first kappa shape index (κ1) is 19.4. The van der Waals surface area contributed by atoms with E-state index >= 15 is 0 Å². The lowest BCUT2D eigenvalue weighted by molar-refractivity contribution is 0.373. The Labute approximate surface area is 168 Å². The lowest BCUT2D eigenvalue weighted by Crippen LogP contribution is -2.03. The molecule has 0 spiro atoms. The summed E-state index contributed by atoms with van der Waals surface area (Å²) in [6, 6.07) is 14.8. The van der Waals surface area contributed by atoms with Crippen LogP contribution in [-0.4, -0.2) is 0 Å². The SMILES string of the molecule is N#Cc1c(F)c(Oc2cccc(Cl)c2)c(Oc2cccc(Cl)c2)c(F)c1C#N. The Morgan fingerprint density at radius 3 is 1.43 bits per heavy atom. The van der Waals surface area contributed by atoms with Gasteiger partial charge in [-0.25, -0.2) is 8.78 Å². The van der Waals surface area contributed by atoms with E-state index in [0.717, 1.165) is 0 Å². The van der Waals surface area contributed by atoms with Crippen molar-refractivity contribution < 1.29 is 18.3 Å². The van der Waals surface area contributed by atoms with Crippen LogP contribution in [0.15, 0.2) is 48.5 Å². The number of benzene rings is 3. The van der Waals surface area contributed by atoms with E-state index in [4.69, 9.17) is 43.2 Å². The first-order valence-corrected chi connectivity index (χ1v) is 8.42. The van der Waals surface area contributed by atoms with Crippen molar-refractivity contribution in [3.8, 4) is 35.1 Å². The summed E-state index contributed by atoms with van der Waals surface area (Å²) in [7, 11) is 0. The van der Waals surface area contributed by atoms with E-state index in [-0.39, 0.29) is 11.5 Å². The minimum Gasteiger partial charge on any atom is -0.450 e. The number of ether oxygens (including phenoxy) is 2. The molecule has 28 heavy (non-hydrogen) atoms. The smallest absolute Gasteiger partial charge is 0.210 e. The van der Waals surface area contributed by atoms with Gasteiger partial charge in [0.2, 0.25) is 11.5 Å². The Morgan fingerprint density at radius 1 is 0.714 bits per heavy atom. The molecule has 0 fully saturated rings. The molecular weight excluding hydrogens is 409 g/mol. The van der Waals surface area contributed by atoms with E-state index in [9.17, 15) is 8.78 Å². The van der Waals surface area contributed by atoms with Crippen LogP contribution >= 0.6 is 23.2 Å². The average Bonchev–Trinajstić information content (AvgIpc) is 2.67. The summed E-state index contributed by atoms with van der Waals surface area (Å²) < 4.78 is 40.7. The fraction of sp³-hybridized carbons (Fsp3) is 0. The molecule has 0 unspecified atom stereocenters. The third kappa shape index (κ3) is 3.84. The molecule has 3 aromatic rings. The fourth-order valence-corrected chi connectivity index (χ4v) is 2.70. The van der Waals surface area contributed by atoms with Gasteiger partial charge in [-0.15, -0.1) is 0 Å². The molecule has 0 bridgehead atoms. The van der Waals surface area contributed by atoms with Crippen molar-refractivity contribution in [1.82, 2.24) is 0 Å². The second-order valence-electron chi connectivity index (χ2n) is 5.38. The Kier molecular flexibility index (Phi) is 5.65. The van der Waals surface area contributed by atoms with Gasteiger partial charge in [0.1, 0.15) is 34.8 Å². The highest BCUT2D eigenvalue weighted by Crippen LogP contribution is 2.43. The van der Waals surface area contributed by atoms with Gasteiger partial charge in [0, 0.05) is 10.0 Å². The van der Waals surface area contributed by atoms with Crippen LogP contribution in [0, 0.1) is 34.3 Å². The van der Waals surface area contributed by atoms with Crippen LogP contribution in [0.4, 0.5) is 8.78 Å². The summed E-state index contributed by atoms with van der Waals surface area (Å²) in [4.78, 5) is 0. The fourth-order valence-electron chi connectivity index (χ4n) is 2.33. The van der Waals surface area contributed by atoms with Crippen LogP contribution in [0.25, 0.3) is 0 Å². The molecule has 0 amide bonds. The largest absolute Gasteiger partial charge is 0.450 e. The Bertz CT molecular complexity index is 1060. The molecule has 0 N–H and O–H groups in total. The molecule has 0 aliphatic heterocycles. The zero-order chi connectivity index (χ0) is 20.3. The van der Waals surface area contributed by atoms with Gasteiger partial charge in [0.05, 0.1) is 0 Å². The summed E-state index contributed by atoms with van der Waals surface area (Å²) >= 11 is 11.8. The molecule has 138 valence electrons. The normalized spacial score (nSPS) is 10.1. The summed E-state index contributed by atoms with van der Waals surface area (Å²) in [5, 5.41) is 18.9. The van der Waals surface area contributed by atoms with E-state index in [1.54, 1.807) is 12.1 Å². The molecule has 0 aromatic heterocycles.